The van der Waals surface area contributed by atoms with Crippen LogP contribution in [0.4, 0.5) is 0 Å². The first-order valence-corrected chi connectivity index (χ1v) is 11.1. The molecule has 0 aliphatic carbocycles. The minimum Gasteiger partial charge on any atom is -0.399 e. The molecule has 0 spiro atoms. The molecule has 0 amide bonds. The highest BCUT2D eigenvalue weighted by Gasteiger charge is 2.07. The Morgan fingerprint density at radius 3 is 1.60 bits per heavy atom. The first-order valence-electron chi connectivity index (χ1n) is 10.3. The van der Waals surface area contributed by atoms with Crippen LogP contribution in [0.5, 0.6) is 0 Å². The van der Waals surface area contributed by atoms with Crippen LogP contribution in [0.1, 0.15) is 42.0 Å². The number of hydrogen-bond donors (Lipinski definition) is 1. The number of benzene rings is 3. The zero-order chi connectivity index (χ0) is 21.5. The molecule has 3 aromatic carbocycles. The normalized spacial score (nSPS) is 10.6. The molecular formula is C28H29NS. The van der Waals surface area contributed by atoms with Crippen LogP contribution >= 0.6 is 11.8 Å². The second kappa shape index (κ2) is 10.2. The molecular weight excluding hydrogens is 382 g/mol. The Morgan fingerprint density at radius 2 is 1.13 bits per heavy atom. The van der Waals surface area contributed by atoms with Gasteiger partial charge in [-0.15, -0.1) is 0 Å². The molecule has 0 aliphatic rings. The van der Waals surface area contributed by atoms with Gasteiger partial charge >= 0.3 is 0 Å². The van der Waals surface area contributed by atoms with Crippen LogP contribution in [-0.4, -0.2) is 0 Å². The summed E-state index contributed by atoms with van der Waals surface area (Å²) in [5.41, 5.74) is 13.3. The van der Waals surface area contributed by atoms with Gasteiger partial charge in [-0.05, 0) is 46.2 Å². The van der Waals surface area contributed by atoms with E-state index in [0.717, 1.165) is 32.9 Å². The highest BCUT2D eigenvalue weighted by Crippen LogP contribution is 2.37. The zero-order valence-corrected chi connectivity index (χ0v) is 18.5. The average molecular weight is 412 g/mol. The van der Waals surface area contributed by atoms with Crippen molar-refractivity contribution in [1.29, 1.82) is 0 Å². The monoisotopic (exact) mass is 411 g/mol. The molecule has 152 valence electrons. The van der Waals surface area contributed by atoms with Crippen LogP contribution in [0.25, 0.3) is 26.6 Å². The Balaban J connectivity index is 1.64. The van der Waals surface area contributed by atoms with Crippen molar-refractivity contribution in [3.63, 3.8) is 0 Å². The standard InChI is InChI=1S/C28H29NS/c1-5-6-7-23-8-10-27(11-9-23)28-18-16-26(17-19-28)22(4)30-21(3)25-14-12-24(13-15-25)20(2)29/h8-19H,2-7,29H2,1H3. The zero-order valence-electron chi connectivity index (χ0n) is 17.7. The summed E-state index contributed by atoms with van der Waals surface area (Å²) in [5, 5.41) is 0. The van der Waals surface area contributed by atoms with Gasteiger partial charge in [0.25, 0.3) is 0 Å². The van der Waals surface area contributed by atoms with E-state index < -0.39 is 0 Å². The second-order valence-corrected chi connectivity index (χ2v) is 8.62. The second-order valence-electron chi connectivity index (χ2n) is 7.43. The number of aryl methyl sites for hydroxylation is 1. The van der Waals surface area contributed by atoms with E-state index in [2.05, 4.69) is 75.2 Å². The van der Waals surface area contributed by atoms with Gasteiger partial charge in [0.15, 0.2) is 0 Å². The van der Waals surface area contributed by atoms with Crippen molar-refractivity contribution in [2.24, 2.45) is 5.73 Å². The molecule has 2 N–H and O–H groups in total. The lowest BCUT2D eigenvalue weighted by Gasteiger charge is -2.11. The van der Waals surface area contributed by atoms with E-state index >= 15 is 0 Å². The van der Waals surface area contributed by atoms with Crippen molar-refractivity contribution in [2.75, 3.05) is 0 Å². The van der Waals surface area contributed by atoms with Gasteiger partial charge in [0.05, 0.1) is 0 Å². The van der Waals surface area contributed by atoms with E-state index in [1.54, 1.807) is 11.8 Å². The van der Waals surface area contributed by atoms with Crippen LogP contribution in [0.2, 0.25) is 0 Å². The molecule has 0 radical (unpaired) electrons. The molecule has 3 aromatic rings. The summed E-state index contributed by atoms with van der Waals surface area (Å²) in [6, 6.07) is 25.4. The molecule has 0 unspecified atom stereocenters. The Morgan fingerprint density at radius 1 is 0.700 bits per heavy atom. The number of rotatable bonds is 9. The molecule has 0 saturated carbocycles. The van der Waals surface area contributed by atoms with Gasteiger partial charge in [-0.3, -0.25) is 0 Å². The fraction of sp³-hybridized carbons (Fsp3) is 0.143. The van der Waals surface area contributed by atoms with Gasteiger partial charge < -0.3 is 5.73 Å². The summed E-state index contributed by atoms with van der Waals surface area (Å²) in [6.45, 7) is 14.5. The maximum Gasteiger partial charge on any atom is 0.0314 e. The maximum atomic E-state index is 5.74. The Hall–Kier alpha value is -2.97. The molecule has 2 heteroatoms. The van der Waals surface area contributed by atoms with Crippen molar-refractivity contribution >= 4 is 27.3 Å². The molecule has 0 atom stereocenters. The summed E-state index contributed by atoms with van der Waals surface area (Å²) in [6.07, 6.45) is 3.62. The highest BCUT2D eigenvalue weighted by molar-refractivity contribution is 8.16. The highest BCUT2D eigenvalue weighted by atomic mass is 32.2. The molecule has 30 heavy (non-hydrogen) atoms. The van der Waals surface area contributed by atoms with Gasteiger partial charge in [-0.25, -0.2) is 0 Å². The van der Waals surface area contributed by atoms with Gasteiger partial charge in [0.2, 0.25) is 0 Å². The minimum atomic E-state index is 0.569. The third-order valence-corrected chi connectivity index (χ3v) is 6.10. The molecule has 1 nitrogen and oxygen atoms in total. The molecule has 0 heterocycles. The van der Waals surface area contributed by atoms with Crippen molar-refractivity contribution < 1.29 is 0 Å². The van der Waals surface area contributed by atoms with E-state index in [4.69, 9.17) is 5.73 Å². The van der Waals surface area contributed by atoms with Crippen LogP contribution in [0, 0.1) is 0 Å². The maximum absolute atomic E-state index is 5.74. The van der Waals surface area contributed by atoms with Gasteiger partial charge in [-0.2, -0.15) is 0 Å². The van der Waals surface area contributed by atoms with Crippen molar-refractivity contribution in [2.45, 2.75) is 26.2 Å². The van der Waals surface area contributed by atoms with Crippen LogP contribution in [0.15, 0.2) is 92.5 Å². The topological polar surface area (TPSA) is 26.0 Å². The molecule has 0 aliphatic heterocycles. The molecule has 0 fully saturated rings. The molecule has 0 aromatic heterocycles. The summed E-state index contributed by atoms with van der Waals surface area (Å²) in [4.78, 5) is 1.94. The lowest BCUT2D eigenvalue weighted by molar-refractivity contribution is 0.795. The van der Waals surface area contributed by atoms with E-state index in [-0.39, 0.29) is 0 Å². The summed E-state index contributed by atoms with van der Waals surface area (Å²) in [5.74, 6) is 0. The summed E-state index contributed by atoms with van der Waals surface area (Å²) >= 11 is 1.59. The Labute approximate surface area is 185 Å². The van der Waals surface area contributed by atoms with Gasteiger partial charge in [0, 0.05) is 15.5 Å². The van der Waals surface area contributed by atoms with Crippen molar-refractivity contribution in [3.05, 3.63) is 115 Å². The van der Waals surface area contributed by atoms with Gasteiger partial charge in [-0.1, -0.05) is 118 Å². The Bertz CT molecular complexity index is 1030. The van der Waals surface area contributed by atoms with Crippen LogP contribution < -0.4 is 5.73 Å². The van der Waals surface area contributed by atoms with Crippen molar-refractivity contribution in [1.82, 2.24) is 0 Å². The third kappa shape index (κ3) is 5.55. The largest absolute Gasteiger partial charge is 0.399 e. The quantitative estimate of drug-likeness (QED) is 0.386. The smallest absolute Gasteiger partial charge is 0.0314 e. The van der Waals surface area contributed by atoms with Gasteiger partial charge in [0.1, 0.15) is 0 Å². The van der Waals surface area contributed by atoms with E-state index in [0.29, 0.717) is 5.70 Å². The molecule has 0 saturated heterocycles. The van der Waals surface area contributed by atoms with Crippen LogP contribution in [0.3, 0.4) is 0 Å². The Kier molecular flexibility index (Phi) is 7.37. The van der Waals surface area contributed by atoms with Crippen LogP contribution in [-0.2, 0) is 6.42 Å². The molecule has 0 bridgehead atoms. The number of thioether (sulfide) groups is 1. The third-order valence-electron chi connectivity index (χ3n) is 5.14. The molecule has 3 rings (SSSR count). The number of hydrogen-bond acceptors (Lipinski definition) is 2. The first-order chi connectivity index (χ1) is 14.5. The predicted molar refractivity (Wildman–Crippen MR) is 136 cm³/mol. The fourth-order valence-electron chi connectivity index (χ4n) is 3.23. The summed E-state index contributed by atoms with van der Waals surface area (Å²) in [7, 11) is 0. The van der Waals surface area contributed by atoms with E-state index in [9.17, 15) is 0 Å². The fourth-order valence-corrected chi connectivity index (χ4v) is 4.04. The minimum absolute atomic E-state index is 0.569. The summed E-state index contributed by atoms with van der Waals surface area (Å²) < 4.78 is 0. The SMILES string of the molecule is C=C(N)c1ccc(C(=C)SC(=C)c2ccc(-c3ccc(CCCC)cc3)cc2)cc1. The van der Waals surface area contributed by atoms with E-state index in [1.807, 2.05) is 24.3 Å². The van der Waals surface area contributed by atoms with Crippen molar-refractivity contribution in [3.8, 4) is 11.1 Å². The first kappa shape index (κ1) is 21.7. The lowest BCUT2D eigenvalue weighted by atomic mass is 10.0. The number of unbranched alkanes of at least 4 members (excludes halogenated alkanes) is 1. The predicted octanol–water partition coefficient (Wildman–Crippen LogP) is 8.00. The van der Waals surface area contributed by atoms with E-state index in [1.165, 1.54) is 29.5 Å². The average Bonchev–Trinajstić information content (AvgIpc) is 2.78. The lowest BCUT2D eigenvalue weighted by Crippen LogP contribution is -1.93. The number of nitrogens with two attached hydrogens (primary N) is 1.